The van der Waals surface area contributed by atoms with Crippen molar-refractivity contribution in [1.29, 1.82) is 0 Å². The summed E-state index contributed by atoms with van der Waals surface area (Å²) in [6.07, 6.45) is -54.4. The van der Waals surface area contributed by atoms with E-state index in [4.69, 9.17) is 0 Å². The maximum atomic E-state index is 13.2. The van der Waals surface area contributed by atoms with E-state index in [0.717, 1.165) is 7.11 Å². The Morgan fingerprint density at radius 2 is 0.928 bits per heavy atom. The maximum absolute atomic E-state index is 13.2. The van der Waals surface area contributed by atoms with Crippen LogP contribution in [0.5, 0.6) is 0 Å². The van der Waals surface area contributed by atoms with Gasteiger partial charge < -0.3 is 29.2 Å². The molecule has 2 saturated carbocycles. The highest BCUT2D eigenvalue weighted by Gasteiger charge is 2.79. The van der Waals surface area contributed by atoms with Gasteiger partial charge in [-0.2, -0.15) is 105 Å². The molecule has 0 saturated heterocycles. The Kier molecular flexibility index (Phi) is 19.1. The Morgan fingerprint density at radius 1 is 0.551 bits per heavy atom. The number of hydrogen-bond acceptors (Lipinski definition) is 8. The van der Waals surface area contributed by atoms with Crippen molar-refractivity contribution in [3.63, 3.8) is 0 Å². The minimum Gasteiger partial charge on any atom is -0.459 e. The number of halogens is 24. The predicted molar refractivity (Wildman–Crippen MR) is 182 cm³/mol. The zero-order chi connectivity index (χ0) is 55.0. The van der Waals surface area contributed by atoms with Gasteiger partial charge in [-0.3, -0.25) is 0 Å². The van der Waals surface area contributed by atoms with E-state index in [1.54, 1.807) is 6.08 Å². The molecular formula is C37H40F24O8. The average Bonchev–Trinajstić information content (AvgIpc) is 3.75. The smallest absolute Gasteiger partial charge is 0.426 e. The molecule has 2 fully saturated rings. The normalized spacial score (nSPS) is 23.3. The topological polar surface area (TPSA) is 112 Å². The predicted octanol–water partition coefficient (Wildman–Crippen LogP) is 11.7. The fourth-order valence-corrected chi connectivity index (χ4v) is 7.36. The van der Waals surface area contributed by atoms with Crippen LogP contribution in [-0.2, 0) is 28.5 Å². The van der Waals surface area contributed by atoms with Gasteiger partial charge in [-0.1, -0.05) is 25.3 Å². The van der Waals surface area contributed by atoms with Gasteiger partial charge in [0.2, 0.25) is 0 Å². The molecule has 404 valence electrons. The largest absolute Gasteiger partial charge is 0.459 e. The van der Waals surface area contributed by atoms with E-state index in [0.29, 0.717) is 12.8 Å². The molecule has 2 bridgehead atoms. The van der Waals surface area contributed by atoms with Gasteiger partial charge in [0.05, 0.1) is 0 Å². The van der Waals surface area contributed by atoms with E-state index in [2.05, 4.69) is 32.1 Å². The third-order valence-corrected chi connectivity index (χ3v) is 10.7. The molecule has 3 rings (SSSR count). The number of carbonyl (C=O) groups is 2. The number of alkyl halides is 24. The first-order chi connectivity index (χ1) is 30.3. The average molecular weight is 1070 g/mol. The second-order valence-corrected chi connectivity index (χ2v) is 16.7. The van der Waals surface area contributed by atoms with Gasteiger partial charge in [0.1, 0.15) is 29.6 Å². The van der Waals surface area contributed by atoms with Crippen LogP contribution in [0, 0.1) is 29.6 Å². The molecule has 5 atom stereocenters. The third-order valence-electron chi connectivity index (χ3n) is 10.7. The standard InChI is InChI=1S/C16H13F15O4.C13H16F6O2.C8H11F3O2/c1-5(12(17,18)19)9(32)35-8-3-6(10(33,13(20,21)22)14(23,24)25)2-7(4-8)11(34,15(26,27)28)16(29,30)31;1-20-7-21-11(12(14,15)16,13(17,18)19)6-10-5-8-2-3-9(10)4-8;1-5(8(9,10)11)6(12)13-7(2,3)4/h6-8,33-34H,1-4H2;2-3,8-10H,4-7H2,1H3;1H2,2-4H3. The van der Waals surface area contributed by atoms with Crippen LogP contribution in [0.2, 0.25) is 0 Å². The Morgan fingerprint density at radius 3 is 1.20 bits per heavy atom. The first-order valence-corrected chi connectivity index (χ1v) is 18.9. The summed E-state index contributed by atoms with van der Waals surface area (Å²) in [6, 6.07) is 0. The van der Waals surface area contributed by atoms with Gasteiger partial charge in [-0.15, -0.1) is 0 Å². The number of esters is 2. The molecule has 0 aliphatic heterocycles. The van der Waals surface area contributed by atoms with Crippen molar-refractivity contribution in [2.24, 2.45) is 29.6 Å². The molecule has 0 aromatic rings. The fourth-order valence-electron chi connectivity index (χ4n) is 7.36. The van der Waals surface area contributed by atoms with Gasteiger partial charge in [0.15, 0.2) is 0 Å². The molecular weight excluding hydrogens is 1030 g/mol. The SMILES string of the molecule is C=C(C(=O)OC(C)(C)C)C(F)(F)F.C=C(C(=O)OC1CC(C(O)(C(F)(F)F)C(F)(F)F)CC(C(O)(C(F)(F)F)C(F)(F)F)C1)C(F)(F)F.COCOC(CC1CC2C=CC1C2)(C(F)(F)F)C(F)(F)F. The highest BCUT2D eigenvalue weighted by molar-refractivity contribution is 5.89. The first kappa shape index (κ1) is 63.3. The van der Waals surface area contributed by atoms with E-state index in [1.165, 1.54) is 20.8 Å². The molecule has 0 aromatic carbocycles. The highest BCUT2D eigenvalue weighted by Crippen LogP contribution is 2.59. The van der Waals surface area contributed by atoms with Crippen LogP contribution in [0.25, 0.3) is 0 Å². The zero-order valence-corrected chi connectivity index (χ0v) is 35.4. The van der Waals surface area contributed by atoms with Crippen molar-refractivity contribution in [2.75, 3.05) is 13.9 Å². The van der Waals surface area contributed by atoms with Crippen LogP contribution >= 0.6 is 0 Å². The number of rotatable bonds is 10. The van der Waals surface area contributed by atoms with Crippen LogP contribution in [0.15, 0.2) is 36.5 Å². The molecule has 3 aliphatic rings. The number of methoxy groups -OCH3 is 1. The van der Waals surface area contributed by atoms with Crippen LogP contribution in [0.4, 0.5) is 105 Å². The lowest BCUT2D eigenvalue weighted by molar-refractivity contribution is -0.405. The van der Waals surface area contributed by atoms with Gasteiger partial charge in [-0.25, -0.2) is 9.59 Å². The summed E-state index contributed by atoms with van der Waals surface area (Å²) < 4.78 is 328. The van der Waals surface area contributed by atoms with Crippen LogP contribution in [0.1, 0.15) is 59.3 Å². The first-order valence-electron chi connectivity index (χ1n) is 18.9. The second-order valence-electron chi connectivity index (χ2n) is 16.7. The molecule has 0 amide bonds. The molecule has 0 heterocycles. The Hall–Kier alpha value is -3.68. The van der Waals surface area contributed by atoms with Gasteiger partial charge in [-0.05, 0) is 77.0 Å². The number of fused-ring (bicyclic) bond motifs is 2. The second kappa shape index (κ2) is 20.8. The zero-order valence-electron chi connectivity index (χ0n) is 35.4. The van der Waals surface area contributed by atoms with E-state index in [9.17, 15) is 125 Å². The summed E-state index contributed by atoms with van der Waals surface area (Å²) in [4.78, 5) is 22.3. The van der Waals surface area contributed by atoms with Crippen LogP contribution in [-0.4, -0.2) is 114 Å². The van der Waals surface area contributed by atoms with Crippen molar-refractivity contribution in [1.82, 2.24) is 0 Å². The molecule has 3 aliphatic carbocycles. The number of carbonyl (C=O) groups excluding carboxylic acids is 2. The van der Waals surface area contributed by atoms with E-state index in [-0.39, 0.29) is 11.8 Å². The number of hydrogen-bond donors (Lipinski definition) is 2. The lowest BCUT2D eigenvalue weighted by Crippen LogP contribution is -2.67. The minimum atomic E-state index is -6.78. The van der Waals surface area contributed by atoms with Crippen LogP contribution < -0.4 is 0 Å². The highest BCUT2D eigenvalue weighted by atomic mass is 19.4. The molecule has 8 nitrogen and oxygen atoms in total. The molecule has 5 unspecified atom stereocenters. The maximum Gasteiger partial charge on any atom is 0.426 e. The van der Waals surface area contributed by atoms with Crippen molar-refractivity contribution < 1.29 is 144 Å². The van der Waals surface area contributed by atoms with Crippen molar-refractivity contribution >= 4 is 11.9 Å². The summed E-state index contributed by atoms with van der Waals surface area (Å²) in [6.45, 7) is 8.16. The number of ether oxygens (including phenoxy) is 4. The van der Waals surface area contributed by atoms with Crippen molar-refractivity contribution in [3.8, 4) is 0 Å². The van der Waals surface area contributed by atoms with E-state index >= 15 is 0 Å². The van der Waals surface area contributed by atoms with E-state index < -0.39 is 151 Å². The molecule has 0 aromatic heterocycles. The van der Waals surface area contributed by atoms with E-state index in [1.807, 2.05) is 6.08 Å². The van der Waals surface area contributed by atoms with Gasteiger partial charge in [0.25, 0.3) is 16.8 Å². The summed E-state index contributed by atoms with van der Waals surface area (Å²) in [7, 11) is 0.984. The lowest BCUT2D eigenvalue weighted by Gasteiger charge is -2.48. The quantitative estimate of drug-likeness (QED) is 0.0732. The summed E-state index contributed by atoms with van der Waals surface area (Å²) in [5, 5.41) is 18.9. The Balaban J connectivity index is 0.000000587. The number of allylic oxidation sites excluding steroid dienone is 2. The molecule has 0 spiro atoms. The monoisotopic (exact) mass is 1070 g/mol. The number of aliphatic hydroxyl groups is 2. The lowest BCUT2D eigenvalue weighted by atomic mass is 9.65. The van der Waals surface area contributed by atoms with Crippen molar-refractivity contribution in [3.05, 3.63) is 36.5 Å². The molecule has 69 heavy (non-hydrogen) atoms. The molecule has 0 radical (unpaired) electrons. The minimum absolute atomic E-state index is 0.0848. The van der Waals surface area contributed by atoms with Gasteiger partial charge >= 0.3 is 61.3 Å². The molecule has 2 N–H and O–H groups in total. The summed E-state index contributed by atoms with van der Waals surface area (Å²) >= 11 is 0. The fraction of sp³-hybridized carbons (Fsp3) is 0.784. The summed E-state index contributed by atoms with van der Waals surface area (Å²) in [5.74, 6) is -12.3. The summed E-state index contributed by atoms with van der Waals surface area (Å²) in [5.41, 5.74) is -21.0. The van der Waals surface area contributed by atoms with Gasteiger partial charge in [0, 0.05) is 18.9 Å². The van der Waals surface area contributed by atoms with Crippen LogP contribution in [0.3, 0.4) is 0 Å². The third kappa shape index (κ3) is 14.7. The Labute approximate surface area is 373 Å². The Bertz CT molecular complexity index is 1720. The molecule has 32 heteroatoms. The van der Waals surface area contributed by atoms with Crippen molar-refractivity contribution in [2.45, 2.75) is 137 Å².